The van der Waals surface area contributed by atoms with E-state index in [1.54, 1.807) is 0 Å². The summed E-state index contributed by atoms with van der Waals surface area (Å²) in [6.45, 7) is 8.60. The van der Waals surface area contributed by atoms with Crippen LogP contribution in [0, 0.1) is 35.0 Å². The van der Waals surface area contributed by atoms with E-state index in [1.807, 2.05) is 6.92 Å². The molecule has 0 aliphatic heterocycles. The van der Waals surface area contributed by atoms with Gasteiger partial charge in [0.25, 0.3) is 0 Å². The normalized spacial score (nSPS) is 40.7. The first-order valence-corrected chi connectivity index (χ1v) is 8.55. The number of fused-ring (bicyclic) bond motifs is 5. The summed E-state index contributed by atoms with van der Waals surface area (Å²) in [4.78, 5) is 12.3. The molecule has 6 atom stereocenters. The maximum atomic E-state index is 12.3. The van der Waals surface area contributed by atoms with Crippen LogP contribution < -0.4 is 0 Å². The molecule has 0 aromatic carbocycles. The lowest BCUT2D eigenvalue weighted by atomic mass is 9.80. The standard InChI is InChI=1S/C18H30O2/c1-11(10-18(2,3)4)17(19)20-16-9-12-8-15(16)14-7-5-6-13(12)14/h11-16H,5-10H2,1-4H3. The van der Waals surface area contributed by atoms with Gasteiger partial charge in [0.15, 0.2) is 0 Å². The zero-order valence-corrected chi connectivity index (χ0v) is 13.5. The molecule has 0 spiro atoms. The predicted molar refractivity (Wildman–Crippen MR) is 80.2 cm³/mol. The molecule has 3 rings (SSSR count). The van der Waals surface area contributed by atoms with E-state index in [9.17, 15) is 4.79 Å². The number of esters is 1. The lowest BCUT2D eigenvalue weighted by molar-refractivity contribution is -0.158. The zero-order chi connectivity index (χ0) is 14.5. The van der Waals surface area contributed by atoms with Gasteiger partial charge >= 0.3 is 5.97 Å². The molecule has 114 valence electrons. The largest absolute Gasteiger partial charge is 0.462 e. The van der Waals surface area contributed by atoms with Crippen LogP contribution in [0.4, 0.5) is 0 Å². The smallest absolute Gasteiger partial charge is 0.308 e. The summed E-state index contributed by atoms with van der Waals surface area (Å²) in [5.41, 5.74) is 0.198. The van der Waals surface area contributed by atoms with Crippen molar-refractivity contribution in [1.29, 1.82) is 0 Å². The first kappa shape index (κ1) is 14.4. The summed E-state index contributed by atoms with van der Waals surface area (Å²) in [6, 6.07) is 0. The van der Waals surface area contributed by atoms with Gasteiger partial charge in [-0.1, -0.05) is 34.1 Å². The van der Waals surface area contributed by atoms with Crippen LogP contribution in [-0.2, 0) is 9.53 Å². The SMILES string of the molecule is CC(CC(C)(C)C)C(=O)OC1CC2CC1C1CCCC21. The quantitative estimate of drug-likeness (QED) is 0.714. The fourth-order valence-corrected chi connectivity index (χ4v) is 5.41. The molecular weight excluding hydrogens is 248 g/mol. The number of hydrogen-bond donors (Lipinski definition) is 0. The minimum Gasteiger partial charge on any atom is -0.462 e. The summed E-state index contributed by atoms with van der Waals surface area (Å²) >= 11 is 0. The van der Waals surface area contributed by atoms with Crippen LogP contribution in [-0.4, -0.2) is 12.1 Å². The lowest BCUT2D eigenvalue weighted by Crippen LogP contribution is -2.34. The molecule has 0 aromatic heterocycles. The second-order valence-corrected chi connectivity index (χ2v) is 8.80. The Kier molecular flexibility index (Phi) is 3.63. The minimum atomic E-state index is 0.0356. The van der Waals surface area contributed by atoms with Crippen molar-refractivity contribution in [2.75, 3.05) is 0 Å². The molecule has 0 N–H and O–H groups in total. The summed E-state index contributed by atoms with van der Waals surface area (Å²) < 4.78 is 5.92. The summed E-state index contributed by atoms with van der Waals surface area (Å²) in [7, 11) is 0. The Morgan fingerprint density at radius 2 is 1.85 bits per heavy atom. The Balaban J connectivity index is 1.56. The van der Waals surface area contributed by atoms with Gasteiger partial charge in [0, 0.05) is 0 Å². The Bertz CT molecular complexity index is 381. The van der Waals surface area contributed by atoms with E-state index in [0.717, 1.165) is 30.6 Å². The van der Waals surface area contributed by atoms with Crippen LogP contribution in [0.3, 0.4) is 0 Å². The summed E-state index contributed by atoms with van der Waals surface area (Å²) in [6.07, 6.45) is 7.88. The number of rotatable bonds is 3. The van der Waals surface area contributed by atoms with Crippen molar-refractivity contribution < 1.29 is 9.53 Å². The molecule has 3 fully saturated rings. The van der Waals surface area contributed by atoms with Crippen molar-refractivity contribution in [1.82, 2.24) is 0 Å². The predicted octanol–water partition coefficient (Wildman–Crippen LogP) is 4.43. The number of ether oxygens (including phenoxy) is 1. The first-order valence-electron chi connectivity index (χ1n) is 8.55. The molecule has 0 saturated heterocycles. The van der Waals surface area contributed by atoms with E-state index < -0.39 is 0 Å². The molecule has 0 radical (unpaired) electrons. The van der Waals surface area contributed by atoms with E-state index in [4.69, 9.17) is 4.74 Å². The first-order chi connectivity index (χ1) is 9.35. The van der Waals surface area contributed by atoms with Crippen molar-refractivity contribution >= 4 is 5.97 Å². The van der Waals surface area contributed by atoms with Crippen molar-refractivity contribution in [3.8, 4) is 0 Å². The monoisotopic (exact) mass is 278 g/mol. The third-order valence-electron chi connectivity index (χ3n) is 5.96. The van der Waals surface area contributed by atoms with Gasteiger partial charge < -0.3 is 4.74 Å². The van der Waals surface area contributed by atoms with Crippen LogP contribution in [0.5, 0.6) is 0 Å². The van der Waals surface area contributed by atoms with Crippen LogP contribution in [0.15, 0.2) is 0 Å². The highest BCUT2D eigenvalue weighted by atomic mass is 16.5. The third-order valence-corrected chi connectivity index (χ3v) is 5.96. The average Bonchev–Trinajstić information content (AvgIpc) is 2.97. The Labute approximate surface area is 123 Å². The van der Waals surface area contributed by atoms with Gasteiger partial charge in [0.1, 0.15) is 6.10 Å². The van der Waals surface area contributed by atoms with Gasteiger partial charge in [-0.2, -0.15) is 0 Å². The fourth-order valence-electron chi connectivity index (χ4n) is 5.41. The molecule has 2 nitrogen and oxygen atoms in total. The molecule has 2 heteroatoms. The fraction of sp³-hybridized carbons (Fsp3) is 0.944. The van der Waals surface area contributed by atoms with Gasteiger partial charge in [-0.05, 0) is 61.2 Å². The van der Waals surface area contributed by atoms with Crippen molar-refractivity contribution in [3.63, 3.8) is 0 Å². The van der Waals surface area contributed by atoms with Crippen molar-refractivity contribution in [3.05, 3.63) is 0 Å². The molecule has 3 aliphatic rings. The summed E-state index contributed by atoms with van der Waals surface area (Å²) in [5, 5.41) is 0. The van der Waals surface area contributed by atoms with E-state index in [1.165, 1.54) is 25.7 Å². The van der Waals surface area contributed by atoms with Gasteiger partial charge in [0.2, 0.25) is 0 Å². The Morgan fingerprint density at radius 1 is 1.15 bits per heavy atom. The van der Waals surface area contributed by atoms with E-state index >= 15 is 0 Å². The van der Waals surface area contributed by atoms with E-state index in [-0.39, 0.29) is 23.4 Å². The van der Waals surface area contributed by atoms with Gasteiger partial charge in [-0.15, -0.1) is 0 Å². The molecule has 3 aliphatic carbocycles. The van der Waals surface area contributed by atoms with Gasteiger partial charge in [-0.25, -0.2) is 0 Å². The third kappa shape index (κ3) is 2.63. The average molecular weight is 278 g/mol. The highest BCUT2D eigenvalue weighted by molar-refractivity contribution is 5.72. The second kappa shape index (κ2) is 5.03. The van der Waals surface area contributed by atoms with Crippen LogP contribution in [0.1, 0.15) is 66.2 Å². The van der Waals surface area contributed by atoms with Gasteiger partial charge in [0.05, 0.1) is 5.92 Å². The number of carbonyl (C=O) groups is 1. The molecule has 20 heavy (non-hydrogen) atoms. The highest BCUT2D eigenvalue weighted by Crippen LogP contribution is 2.59. The van der Waals surface area contributed by atoms with Crippen LogP contribution in [0.25, 0.3) is 0 Å². The number of hydrogen-bond acceptors (Lipinski definition) is 2. The van der Waals surface area contributed by atoms with Crippen LogP contribution >= 0.6 is 0 Å². The highest BCUT2D eigenvalue weighted by Gasteiger charge is 2.55. The minimum absolute atomic E-state index is 0.0356. The van der Waals surface area contributed by atoms with Crippen molar-refractivity contribution in [2.45, 2.75) is 72.3 Å². The zero-order valence-electron chi connectivity index (χ0n) is 13.5. The molecule has 6 unspecified atom stereocenters. The topological polar surface area (TPSA) is 26.3 Å². The Hall–Kier alpha value is -0.530. The molecule has 2 bridgehead atoms. The molecule has 0 aromatic rings. The second-order valence-electron chi connectivity index (χ2n) is 8.80. The molecular formula is C18H30O2. The number of carbonyl (C=O) groups excluding carboxylic acids is 1. The van der Waals surface area contributed by atoms with E-state index in [0.29, 0.717) is 5.92 Å². The molecule has 0 amide bonds. The lowest BCUT2D eigenvalue weighted by Gasteiger charge is -2.32. The maximum Gasteiger partial charge on any atom is 0.308 e. The van der Waals surface area contributed by atoms with Gasteiger partial charge in [-0.3, -0.25) is 4.79 Å². The Morgan fingerprint density at radius 3 is 2.55 bits per heavy atom. The molecule has 3 saturated carbocycles. The van der Waals surface area contributed by atoms with Crippen molar-refractivity contribution in [2.24, 2.45) is 35.0 Å². The summed E-state index contributed by atoms with van der Waals surface area (Å²) in [5.74, 6) is 3.49. The molecule has 0 heterocycles. The van der Waals surface area contributed by atoms with Crippen LogP contribution in [0.2, 0.25) is 0 Å². The maximum absolute atomic E-state index is 12.3. The van der Waals surface area contributed by atoms with E-state index in [2.05, 4.69) is 20.8 Å².